The van der Waals surface area contributed by atoms with Crippen LogP contribution in [-0.4, -0.2) is 17.2 Å². The van der Waals surface area contributed by atoms with Crippen molar-refractivity contribution in [2.24, 2.45) is 0 Å². The van der Waals surface area contributed by atoms with E-state index in [1.54, 1.807) is 18.2 Å². The highest BCUT2D eigenvalue weighted by Gasteiger charge is 2.35. The number of hydrogen-bond donors (Lipinski definition) is 1. The third kappa shape index (κ3) is 2.94. The zero-order valence-electron chi connectivity index (χ0n) is 10.7. The Labute approximate surface area is 117 Å². The van der Waals surface area contributed by atoms with Crippen LogP contribution in [0.1, 0.15) is 27.1 Å². The average Bonchev–Trinajstić information content (AvgIpc) is 2.87. The molecule has 0 aliphatic rings. The molecule has 0 radical (unpaired) electrons. The normalized spacial score (nSPS) is 13.3. The van der Waals surface area contributed by atoms with Gasteiger partial charge in [0.25, 0.3) is 0 Å². The van der Waals surface area contributed by atoms with Crippen molar-refractivity contribution in [3.05, 3.63) is 45.4 Å². The minimum Gasteiger partial charge on any atom is -0.496 e. The molecule has 20 heavy (non-hydrogen) atoms. The standard InChI is InChI=1S/C13H12F3NO2S/c1-7-3-4-9(19-2)8(5-7)11(18)10-6-17-12(20-10)13(14,15)16/h3-6,11,18H,1-2H3. The number of aliphatic hydroxyl groups excluding tert-OH is 1. The molecule has 3 nitrogen and oxygen atoms in total. The van der Waals surface area contributed by atoms with Crippen LogP contribution in [-0.2, 0) is 6.18 Å². The highest BCUT2D eigenvalue weighted by atomic mass is 32.1. The molecular weight excluding hydrogens is 291 g/mol. The quantitative estimate of drug-likeness (QED) is 0.942. The number of ether oxygens (including phenoxy) is 1. The third-order valence-electron chi connectivity index (χ3n) is 2.72. The summed E-state index contributed by atoms with van der Waals surface area (Å²) in [4.78, 5) is 3.43. The Balaban J connectivity index is 2.38. The molecule has 0 aliphatic heterocycles. The van der Waals surface area contributed by atoms with Gasteiger partial charge in [0.1, 0.15) is 11.9 Å². The fourth-order valence-corrected chi connectivity index (χ4v) is 2.55. The SMILES string of the molecule is COc1ccc(C)cc1C(O)c1cnc(C(F)(F)F)s1. The Morgan fingerprint density at radius 2 is 2.05 bits per heavy atom. The molecule has 0 fully saturated rings. The largest absolute Gasteiger partial charge is 0.496 e. The molecule has 0 saturated heterocycles. The van der Waals surface area contributed by atoms with Crippen molar-refractivity contribution >= 4 is 11.3 Å². The molecule has 1 aromatic carbocycles. The fraction of sp³-hybridized carbons (Fsp3) is 0.308. The van der Waals surface area contributed by atoms with Gasteiger partial charge < -0.3 is 9.84 Å². The minimum absolute atomic E-state index is 0.126. The lowest BCUT2D eigenvalue weighted by molar-refractivity contribution is -0.137. The fourth-order valence-electron chi connectivity index (χ4n) is 1.76. The van der Waals surface area contributed by atoms with E-state index < -0.39 is 17.3 Å². The number of aromatic nitrogens is 1. The first-order valence-electron chi connectivity index (χ1n) is 5.68. The van der Waals surface area contributed by atoms with Crippen molar-refractivity contribution in [1.29, 1.82) is 0 Å². The summed E-state index contributed by atoms with van der Waals surface area (Å²) in [5.41, 5.74) is 1.30. The van der Waals surface area contributed by atoms with Crippen molar-refractivity contribution < 1.29 is 23.0 Å². The van der Waals surface area contributed by atoms with E-state index in [9.17, 15) is 18.3 Å². The summed E-state index contributed by atoms with van der Waals surface area (Å²) in [6, 6.07) is 5.14. The number of hydrogen-bond acceptors (Lipinski definition) is 4. The smallest absolute Gasteiger partial charge is 0.443 e. The first-order valence-corrected chi connectivity index (χ1v) is 6.50. The van der Waals surface area contributed by atoms with Crippen LogP contribution in [0.5, 0.6) is 5.75 Å². The van der Waals surface area contributed by atoms with Gasteiger partial charge in [-0.2, -0.15) is 13.2 Å². The number of nitrogens with zero attached hydrogens (tertiary/aromatic N) is 1. The van der Waals surface area contributed by atoms with E-state index in [4.69, 9.17) is 4.74 Å². The molecule has 0 spiro atoms. The number of halogens is 3. The van der Waals surface area contributed by atoms with Crippen LogP contribution < -0.4 is 4.74 Å². The highest BCUT2D eigenvalue weighted by molar-refractivity contribution is 7.11. The van der Waals surface area contributed by atoms with Crippen molar-refractivity contribution in [3.8, 4) is 5.75 Å². The van der Waals surface area contributed by atoms with Crippen LogP contribution >= 0.6 is 11.3 Å². The second kappa shape index (κ2) is 5.41. The molecule has 1 atom stereocenters. The first-order chi connectivity index (χ1) is 9.32. The number of alkyl halides is 3. The molecule has 0 bridgehead atoms. The van der Waals surface area contributed by atoms with Gasteiger partial charge in [-0.25, -0.2) is 4.98 Å². The molecule has 0 saturated carbocycles. The van der Waals surface area contributed by atoms with Gasteiger partial charge in [-0.1, -0.05) is 11.6 Å². The highest BCUT2D eigenvalue weighted by Crippen LogP contribution is 2.38. The molecule has 0 amide bonds. The predicted octanol–water partition coefficient (Wildman–Crippen LogP) is 3.56. The van der Waals surface area contributed by atoms with Crippen LogP contribution in [0.4, 0.5) is 13.2 Å². The molecule has 2 aromatic rings. The van der Waals surface area contributed by atoms with E-state index in [0.29, 0.717) is 22.6 Å². The lowest BCUT2D eigenvalue weighted by Gasteiger charge is -2.14. The topological polar surface area (TPSA) is 42.4 Å². The van der Waals surface area contributed by atoms with Crippen LogP contribution in [0.25, 0.3) is 0 Å². The number of rotatable bonds is 3. The van der Waals surface area contributed by atoms with E-state index in [0.717, 1.165) is 11.8 Å². The summed E-state index contributed by atoms with van der Waals surface area (Å²) in [5.74, 6) is 0.421. The number of aryl methyl sites for hydroxylation is 1. The van der Waals surface area contributed by atoms with Crippen molar-refractivity contribution in [2.75, 3.05) is 7.11 Å². The van der Waals surface area contributed by atoms with Gasteiger partial charge in [-0.3, -0.25) is 0 Å². The number of benzene rings is 1. The second-order valence-corrected chi connectivity index (χ2v) is 5.28. The van der Waals surface area contributed by atoms with Gasteiger partial charge in [0.2, 0.25) is 0 Å². The third-order valence-corrected chi connectivity index (χ3v) is 3.81. The Bertz CT molecular complexity index is 610. The summed E-state index contributed by atoms with van der Waals surface area (Å²) < 4.78 is 42.7. The Morgan fingerprint density at radius 1 is 1.35 bits per heavy atom. The van der Waals surface area contributed by atoms with Crippen molar-refractivity contribution in [2.45, 2.75) is 19.2 Å². The monoisotopic (exact) mass is 303 g/mol. The number of aliphatic hydroxyl groups is 1. The van der Waals surface area contributed by atoms with Crippen molar-refractivity contribution in [1.82, 2.24) is 4.98 Å². The Kier molecular flexibility index (Phi) is 4.01. The van der Waals surface area contributed by atoms with Gasteiger partial charge in [-0.15, -0.1) is 11.3 Å². The summed E-state index contributed by atoms with van der Waals surface area (Å²) in [6.45, 7) is 1.82. The van der Waals surface area contributed by atoms with Crippen LogP contribution in [0.3, 0.4) is 0 Å². The molecule has 2 rings (SSSR count). The van der Waals surface area contributed by atoms with Crippen molar-refractivity contribution in [3.63, 3.8) is 0 Å². The maximum absolute atomic E-state index is 12.5. The molecule has 0 aliphatic carbocycles. The number of thiazole rings is 1. The molecule has 7 heteroatoms. The Morgan fingerprint density at radius 3 is 2.60 bits per heavy atom. The predicted molar refractivity (Wildman–Crippen MR) is 68.9 cm³/mol. The zero-order chi connectivity index (χ0) is 14.9. The maximum atomic E-state index is 12.5. The van der Waals surface area contributed by atoms with Gasteiger partial charge in [0.05, 0.1) is 12.0 Å². The summed E-state index contributed by atoms with van der Waals surface area (Å²) in [6.07, 6.45) is -4.65. The number of methoxy groups -OCH3 is 1. The van der Waals surface area contributed by atoms with E-state index in [-0.39, 0.29) is 4.88 Å². The van der Waals surface area contributed by atoms with E-state index >= 15 is 0 Å². The van der Waals surface area contributed by atoms with Gasteiger partial charge in [0, 0.05) is 11.8 Å². The molecule has 1 aromatic heterocycles. The average molecular weight is 303 g/mol. The molecule has 1 N–H and O–H groups in total. The van der Waals surface area contributed by atoms with Crippen LogP contribution in [0.15, 0.2) is 24.4 Å². The molecular formula is C13H12F3NO2S. The molecule has 108 valence electrons. The summed E-state index contributed by atoms with van der Waals surface area (Å²) in [5, 5.41) is 9.26. The van der Waals surface area contributed by atoms with Gasteiger partial charge in [0.15, 0.2) is 5.01 Å². The van der Waals surface area contributed by atoms with E-state index in [1.807, 2.05) is 6.92 Å². The van der Waals surface area contributed by atoms with Gasteiger partial charge >= 0.3 is 6.18 Å². The van der Waals surface area contributed by atoms with E-state index in [2.05, 4.69) is 4.98 Å². The minimum atomic E-state index is -4.50. The lowest BCUT2D eigenvalue weighted by atomic mass is 10.0. The van der Waals surface area contributed by atoms with Crippen LogP contribution in [0, 0.1) is 6.92 Å². The zero-order valence-corrected chi connectivity index (χ0v) is 11.5. The molecule has 1 unspecified atom stereocenters. The summed E-state index contributed by atoms with van der Waals surface area (Å²) in [7, 11) is 1.44. The molecule has 1 heterocycles. The maximum Gasteiger partial charge on any atom is 0.443 e. The Hall–Kier alpha value is -1.60. The van der Waals surface area contributed by atoms with Gasteiger partial charge in [-0.05, 0) is 19.1 Å². The second-order valence-electron chi connectivity index (χ2n) is 4.21. The summed E-state index contributed by atoms with van der Waals surface area (Å²) >= 11 is 0.426. The first kappa shape index (κ1) is 14.8. The lowest BCUT2D eigenvalue weighted by Crippen LogP contribution is -2.03. The van der Waals surface area contributed by atoms with E-state index in [1.165, 1.54) is 7.11 Å². The van der Waals surface area contributed by atoms with Crippen LogP contribution in [0.2, 0.25) is 0 Å².